The lowest BCUT2D eigenvalue weighted by Crippen LogP contribution is -2.26. The van der Waals surface area contributed by atoms with Gasteiger partial charge in [0.25, 0.3) is 0 Å². The number of methoxy groups -OCH3 is 1. The summed E-state index contributed by atoms with van der Waals surface area (Å²) in [7, 11) is 3.24. The number of hydrogen-bond acceptors (Lipinski definition) is 7. The van der Waals surface area contributed by atoms with Crippen LogP contribution in [0.15, 0.2) is 71.8 Å². The average Bonchev–Trinajstić information content (AvgIpc) is 2.92. The lowest BCUT2D eigenvalue weighted by Gasteiger charge is -2.14. The summed E-state index contributed by atoms with van der Waals surface area (Å²) in [5.74, 6) is 0.872. The molecular weight excluding hydrogens is 499 g/mol. The van der Waals surface area contributed by atoms with Gasteiger partial charge in [0.15, 0.2) is 17.2 Å². The Hall–Kier alpha value is -4.92. The Morgan fingerprint density at radius 2 is 1.77 bits per heavy atom. The van der Waals surface area contributed by atoms with E-state index in [9.17, 15) is 14.0 Å². The van der Waals surface area contributed by atoms with E-state index in [0.29, 0.717) is 56.2 Å². The Labute approximate surface area is 223 Å². The van der Waals surface area contributed by atoms with E-state index in [1.165, 1.54) is 16.8 Å². The minimum Gasteiger partial charge on any atom is -0.495 e. The van der Waals surface area contributed by atoms with E-state index < -0.39 is 17.0 Å². The summed E-state index contributed by atoms with van der Waals surface area (Å²) >= 11 is 0. The highest BCUT2D eigenvalue weighted by molar-refractivity contribution is 5.96. The van der Waals surface area contributed by atoms with Crippen molar-refractivity contribution in [2.75, 3.05) is 7.11 Å². The second-order valence-electron chi connectivity index (χ2n) is 9.12. The first-order chi connectivity index (χ1) is 18.7. The first kappa shape index (κ1) is 25.7. The zero-order valence-corrected chi connectivity index (χ0v) is 21.9. The number of halogens is 1. The molecule has 3 heterocycles. The van der Waals surface area contributed by atoms with Gasteiger partial charge in [-0.3, -0.25) is 19.3 Å². The van der Waals surface area contributed by atoms with Crippen LogP contribution in [0.4, 0.5) is 4.39 Å². The number of aryl methyl sites for hydroxylation is 2. The molecule has 0 fully saturated rings. The Morgan fingerprint density at radius 3 is 2.49 bits per heavy atom. The Kier molecular flexibility index (Phi) is 6.89. The van der Waals surface area contributed by atoms with Crippen LogP contribution in [0.25, 0.3) is 22.2 Å². The first-order valence-corrected chi connectivity index (χ1v) is 12.2. The molecule has 2 aromatic carbocycles. The second kappa shape index (κ2) is 10.4. The maximum Gasteiger partial charge on any atom is 0.219 e. The highest BCUT2D eigenvalue weighted by atomic mass is 19.1. The van der Waals surface area contributed by atoms with Crippen molar-refractivity contribution in [2.24, 2.45) is 7.05 Å². The van der Waals surface area contributed by atoms with Gasteiger partial charge in [-0.25, -0.2) is 9.37 Å². The Morgan fingerprint density at radius 1 is 1.00 bits per heavy atom. The largest absolute Gasteiger partial charge is 0.495 e. The van der Waals surface area contributed by atoms with Crippen LogP contribution in [0.2, 0.25) is 0 Å². The molecule has 5 aromatic rings. The fraction of sp³-hybridized carbons (Fsp3) is 0.167. The Bertz CT molecular complexity index is 1780. The van der Waals surface area contributed by atoms with Crippen LogP contribution in [0, 0.1) is 19.7 Å². The number of nitrogens with zero attached hydrogens (tertiary/aromatic N) is 4. The summed E-state index contributed by atoms with van der Waals surface area (Å²) in [6.07, 6.45) is 3.20. The quantitative estimate of drug-likeness (QED) is 0.264. The molecule has 196 valence electrons. The van der Waals surface area contributed by atoms with Crippen molar-refractivity contribution < 1.29 is 18.7 Å². The van der Waals surface area contributed by atoms with Crippen molar-refractivity contribution >= 4 is 16.8 Å². The number of Topliss-reactive ketones (excluding diaryl/α,β-unsaturated/α-hetero) is 1. The van der Waals surface area contributed by atoms with Crippen molar-refractivity contribution in [3.05, 3.63) is 106 Å². The van der Waals surface area contributed by atoms with Crippen molar-refractivity contribution in [3.63, 3.8) is 0 Å². The predicted octanol–water partition coefficient (Wildman–Crippen LogP) is 5.37. The third kappa shape index (κ3) is 5.11. The van der Waals surface area contributed by atoms with Crippen molar-refractivity contribution in [1.82, 2.24) is 19.7 Å². The maximum absolute atomic E-state index is 13.7. The van der Waals surface area contributed by atoms with Crippen LogP contribution in [-0.4, -0.2) is 32.6 Å². The third-order valence-electron chi connectivity index (χ3n) is 6.53. The van der Waals surface area contributed by atoms with E-state index >= 15 is 0 Å². The minimum absolute atomic E-state index is 0.0209. The zero-order valence-electron chi connectivity index (χ0n) is 21.9. The van der Waals surface area contributed by atoms with Gasteiger partial charge in [-0.05, 0) is 54.8 Å². The second-order valence-corrected chi connectivity index (χ2v) is 9.12. The monoisotopic (exact) mass is 524 g/mol. The van der Waals surface area contributed by atoms with Crippen LogP contribution >= 0.6 is 0 Å². The lowest BCUT2D eigenvalue weighted by atomic mass is 9.97. The molecule has 0 aliphatic carbocycles. The molecule has 0 saturated carbocycles. The molecule has 0 N–H and O–H groups in total. The summed E-state index contributed by atoms with van der Waals surface area (Å²) in [5.41, 5.74) is 3.39. The number of pyridine rings is 2. The zero-order chi connectivity index (χ0) is 27.7. The molecule has 0 saturated heterocycles. The molecule has 0 aliphatic heterocycles. The van der Waals surface area contributed by atoms with Gasteiger partial charge in [-0.15, -0.1) is 0 Å². The average molecular weight is 525 g/mol. The fourth-order valence-electron chi connectivity index (χ4n) is 4.37. The summed E-state index contributed by atoms with van der Waals surface area (Å²) in [6, 6.07) is 14.7. The number of ketones is 1. The van der Waals surface area contributed by atoms with Gasteiger partial charge in [0.05, 0.1) is 24.4 Å². The molecule has 9 heteroatoms. The van der Waals surface area contributed by atoms with Crippen LogP contribution in [0.3, 0.4) is 0 Å². The van der Waals surface area contributed by atoms with E-state index in [4.69, 9.17) is 9.47 Å². The van der Waals surface area contributed by atoms with Crippen molar-refractivity contribution in [2.45, 2.75) is 20.3 Å². The topological polar surface area (TPSA) is 96.2 Å². The summed E-state index contributed by atoms with van der Waals surface area (Å²) in [6.45, 7) is 3.47. The standard InChI is InChI=1S/C30H25FN4O4/c1-17-13-20(31)7-10-23(17)27-18(2)35(3)34-29(30(27)37)25(36)14-19-5-8-21(9-6-19)39-26-11-12-32-24-15-22(38-4)16-33-28(24)26/h5-13,15-16H,14H2,1-4H3. The molecule has 0 bridgehead atoms. The fourth-order valence-corrected chi connectivity index (χ4v) is 4.37. The first-order valence-electron chi connectivity index (χ1n) is 12.2. The highest BCUT2D eigenvalue weighted by Gasteiger charge is 2.21. The molecule has 5 rings (SSSR count). The summed E-state index contributed by atoms with van der Waals surface area (Å²) in [4.78, 5) is 35.3. The molecule has 0 spiro atoms. The summed E-state index contributed by atoms with van der Waals surface area (Å²) < 4.78 is 26.4. The van der Waals surface area contributed by atoms with E-state index in [-0.39, 0.29) is 12.1 Å². The molecule has 8 nitrogen and oxygen atoms in total. The highest BCUT2D eigenvalue weighted by Crippen LogP contribution is 2.29. The molecule has 0 unspecified atom stereocenters. The van der Waals surface area contributed by atoms with Crippen molar-refractivity contribution in [1.29, 1.82) is 0 Å². The lowest BCUT2D eigenvalue weighted by molar-refractivity contribution is 0.0985. The van der Waals surface area contributed by atoms with Gasteiger partial charge in [0.1, 0.15) is 22.8 Å². The van der Waals surface area contributed by atoms with E-state index in [0.717, 1.165) is 0 Å². The minimum atomic E-state index is -0.473. The molecule has 0 aliphatic rings. The number of carbonyl (C=O) groups is 1. The number of carbonyl (C=O) groups excluding carboxylic acids is 1. The number of rotatable bonds is 7. The van der Waals surface area contributed by atoms with Gasteiger partial charge in [0, 0.05) is 37.5 Å². The molecule has 0 amide bonds. The number of aromatic nitrogens is 4. The van der Waals surface area contributed by atoms with Gasteiger partial charge in [-0.1, -0.05) is 18.2 Å². The van der Waals surface area contributed by atoms with E-state index in [2.05, 4.69) is 15.1 Å². The number of benzene rings is 2. The number of hydrogen-bond donors (Lipinski definition) is 0. The molecule has 0 atom stereocenters. The predicted molar refractivity (Wildman–Crippen MR) is 145 cm³/mol. The smallest absolute Gasteiger partial charge is 0.219 e. The molecule has 39 heavy (non-hydrogen) atoms. The van der Waals surface area contributed by atoms with Crippen molar-refractivity contribution in [3.8, 4) is 28.4 Å². The van der Waals surface area contributed by atoms with Gasteiger partial charge < -0.3 is 9.47 Å². The van der Waals surface area contributed by atoms with Gasteiger partial charge in [0.2, 0.25) is 5.43 Å². The number of ether oxygens (including phenoxy) is 2. The van der Waals surface area contributed by atoms with E-state index in [1.54, 1.807) is 82.9 Å². The Balaban J connectivity index is 1.39. The van der Waals surface area contributed by atoms with Crippen LogP contribution in [0.1, 0.15) is 27.3 Å². The molecular formula is C30H25FN4O4. The van der Waals surface area contributed by atoms with Crippen LogP contribution in [-0.2, 0) is 13.5 Å². The SMILES string of the molecule is COc1cnc2c(Oc3ccc(CC(=O)c4nn(C)c(C)c(-c5ccc(F)cc5C)c4=O)cc3)ccnc2c1. The maximum atomic E-state index is 13.7. The molecule has 3 aromatic heterocycles. The summed E-state index contributed by atoms with van der Waals surface area (Å²) in [5, 5.41) is 4.25. The van der Waals surface area contributed by atoms with Crippen LogP contribution < -0.4 is 14.9 Å². The molecule has 0 radical (unpaired) electrons. The van der Waals surface area contributed by atoms with Crippen LogP contribution in [0.5, 0.6) is 17.2 Å². The van der Waals surface area contributed by atoms with Gasteiger partial charge >= 0.3 is 0 Å². The van der Waals surface area contributed by atoms with E-state index in [1.807, 2.05) is 0 Å². The number of fused-ring (bicyclic) bond motifs is 1. The normalized spacial score (nSPS) is 11.0. The third-order valence-corrected chi connectivity index (χ3v) is 6.53. The van der Waals surface area contributed by atoms with Gasteiger partial charge in [-0.2, -0.15) is 5.10 Å².